The molecule has 6 heteroatoms. The van der Waals surface area contributed by atoms with Crippen LogP contribution in [0.4, 0.5) is 0 Å². The molecule has 0 aromatic rings. The summed E-state index contributed by atoms with van der Waals surface area (Å²) in [5, 5.41) is 0. The molecule has 0 amide bonds. The molecule has 1 atom stereocenters. The van der Waals surface area contributed by atoms with Crippen LogP contribution in [0.25, 0.3) is 0 Å². The van der Waals surface area contributed by atoms with Crippen LogP contribution in [-0.2, 0) is 28.6 Å². The Labute approximate surface area is 405 Å². The second-order valence-corrected chi connectivity index (χ2v) is 17.2. The maximum absolute atomic E-state index is 12.8. The van der Waals surface area contributed by atoms with Gasteiger partial charge in [-0.15, -0.1) is 0 Å². The van der Waals surface area contributed by atoms with Crippen LogP contribution in [0.15, 0.2) is 122 Å². The fourth-order valence-electron chi connectivity index (χ4n) is 6.82. The molecule has 0 bridgehead atoms. The molecule has 0 saturated carbocycles. The lowest BCUT2D eigenvalue weighted by Crippen LogP contribution is -2.30. The molecule has 0 aromatic heterocycles. The standard InChI is InChI=1S/C60H96O6/c1-4-7-10-13-16-19-22-24-26-28-30-32-33-35-38-41-44-47-50-53-59(62)65-56-57(55-64-58(61)52-49-46-43-40-37-21-18-15-12-9-6-3)66-60(63)54-51-48-45-42-39-36-34-31-29-27-25-23-20-17-14-11-8-5-2/h7,10-11,14-21,23-27,29,31,34,37,57H,4-6,8-9,12-13,22,28,30,32-33,35-36,38-56H2,1-3H3/b10-7-,14-11-,18-15-,19-16-,20-17-,25-23-,26-24-,29-27-,34-31-,37-21-. The number of hydrogen-bond acceptors (Lipinski definition) is 6. The Bertz CT molecular complexity index is 1420. The Morgan fingerprint density at radius 1 is 0.333 bits per heavy atom. The van der Waals surface area contributed by atoms with Crippen molar-refractivity contribution in [3.8, 4) is 0 Å². The molecule has 0 heterocycles. The van der Waals surface area contributed by atoms with Crippen molar-refractivity contribution in [1.82, 2.24) is 0 Å². The minimum Gasteiger partial charge on any atom is -0.462 e. The fourth-order valence-corrected chi connectivity index (χ4v) is 6.82. The van der Waals surface area contributed by atoms with E-state index in [1.54, 1.807) is 0 Å². The largest absolute Gasteiger partial charge is 0.462 e. The summed E-state index contributed by atoms with van der Waals surface area (Å²) in [6, 6.07) is 0. The first-order valence-corrected chi connectivity index (χ1v) is 26.6. The van der Waals surface area contributed by atoms with Gasteiger partial charge in [0.1, 0.15) is 13.2 Å². The summed E-state index contributed by atoms with van der Waals surface area (Å²) in [4.78, 5) is 38.0. The summed E-state index contributed by atoms with van der Waals surface area (Å²) in [6.07, 6.45) is 73.2. The van der Waals surface area contributed by atoms with Crippen molar-refractivity contribution in [3.05, 3.63) is 122 Å². The highest BCUT2D eigenvalue weighted by Crippen LogP contribution is 2.14. The number of ether oxygens (including phenoxy) is 3. The van der Waals surface area contributed by atoms with E-state index in [1.807, 2.05) is 36.5 Å². The van der Waals surface area contributed by atoms with E-state index >= 15 is 0 Å². The SMILES string of the molecule is CC/C=C\C/C=C\C/C=C\CCCCCCCCCCCC(=O)OCC(COC(=O)CCCCC/C=C\C=C/CCCC)OC(=O)CCCCCCC\C=C/C=C\C=C/C=C\C=C/CCC. The van der Waals surface area contributed by atoms with Crippen LogP contribution in [0.2, 0.25) is 0 Å². The molecular weight excluding hydrogens is 817 g/mol. The Morgan fingerprint density at radius 3 is 1.15 bits per heavy atom. The lowest BCUT2D eigenvalue weighted by molar-refractivity contribution is -0.167. The zero-order chi connectivity index (χ0) is 47.9. The van der Waals surface area contributed by atoms with Gasteiger partial charge >= 0.3 is 17.9 Å². The zero-order valence-electron chi connectivity index (χ0n) is 42.4. The molecule has 0 aliphatic rings. The molecule has 0 aliphatic carbocycles. The van der Waals surface area contributed by atoms with Gasteiger partial charge in [-0.25, -0.2) is 0 Å². The molecule has 1 unspecified atom stereocenters. The Morgan fingerprint density at radius 2 is 0.682 bits per heavy atom. The second-order valence-electron chi connectivity index (χ2n) is 17.2. The molecule has 0 radical (unpaired) electrons. The van der Waals surface area contributed by atoms with E-state index in [0.717, 1.165) is 122 Å². The molecule has 372 valence electrons. The molecule has 6 nitrogen and oxygen atoms in total. The zero-order valence-corrected chi connectivity index (χ0v) is 42.4. The highest BCUT2D eigenvalue weighted by Gasteiger charge is 2.19. The predicted molar refractivity (Wildman–Crippen MR) is 283 cm³/mol. The summed E-state index contributed by atoms with van der Waals surface area (Å²) in [7, 11) is 0. The predicted octanol–water partition coefficient (Wildman–Crippen LogP) is 17.7. The van der Waals surface area contributed by atoms with Gasteiger partial charge in [0, 0.05) is 19.3 Å². The lowest BCUT2D eigenvalue weighted by atomic mass is 10.1. The molecule has 0 rings (SSSR count). The van der Waals surface area contributed by atoms with Gasteiger partial charge in [-0.2, -0.15) is 0 Å². The average molecular weight is 913 g/mol. The second kappa shape index (κ2) is 53.4. The van der Waals surface area contributed by atoms with Gasteiger partial charge in [0.25, 0.3) is 0 Å². The summed E-state index contributed by atoms with van der Waals surface area (Å²) < 4.78 is 16.8. The first kappa shape index (κ1) is 61.8. The summed E-state index contributed by atoms with van der Waals surface area (Å²) in [5.41, 5.74) is 0. The molecule has 0 N–H and O–H groups in total. The first-order valence-electron chi connectivity index (χ1n) is 26.6. The number of carbonyl (C=O) groups excluding carboxylic acids is 3. The molecule has 66 heavy (non-hydrogen) atoms. The third kappa shape index (κ3) is 50.8. The molecular formula is C60H96O6. The third-order valence-electron chi connectivity index (χ3n) is 10.8. The van der Waals surface area contributed by atoms with E-state index in [0.29, 0.717) is 12.8 Å². The van der Waals surface area contributed by atoms with Crippen molar-refractivity contribution in [2.45, 2.75) is 226 Å². The maximum atomic E-state index is 12.8. The minimum atomic E-state index is -0.808. The molecule has 0 aromatic carbocycles. The van der Waals surface area contributed by atoms with Gasteiger partial charge in [-0.1, -0.05) is 232 Å². The van der Waals surface area contributed by atoms with E-state index in [2.05, 4.69) is 106 Å². The number of carbonyl (C=O) groups is 3. The average Bonchev–Trinajstić information content (AvgIpc) is 3.31. The van der Waals surface area contributed by atoms with E-state index in [-0.39, 0.29) is 37.5 Å². The Balaban J connectivity index is 4.46. The Hall–Kier alpha value is -4.19. The van der Waals surface area contributed by atoms with Crippen molar-refractivity contribution in [2.24, 2.45) is 0 Å². The van der Waals surface area contributed by atoms with Crippen LogP contribution in [0.1, 0.15) is 220 Å². The van der Waals surface area contributed by atoms with Gasteiger partial charge in [0.05, 0.1) is 0 Å². The van der Waals surface area contributed by atoms with E-state index in [9.17, 15) is 14.4 Å². The third-order valence-corrected chi connectivity index (χ3v) is 10.8. The molecule has 0 spiro atoms. The summed E-state index contributed by atoms with van der Waals surface area (Å²) >= 11 is 0. The number of hydrogen-bond donors (Lipinski definition) is 0. The monoisotopic (exact) mass is 913 g/mol. The highest BCUT2D eigenvalue weighted by atomic mass is 16.6. The van der Waals surface area contributed by atoms with Crippen LogP contribution in [0, 0.1) is 0 Å². The quantitative estimate of drug-likeness (QED) is 0.0199. The highest BCUT2D eigenvalue weighted by molar-refractivity contribution is 5.71. The molecule has 0 fully saturated rings. The van der Waals surface area contributed by atoms with Crippen LogP contribution in [0.3, 0.4) is 0 Å². The summed E-state index contributed by atoms with van der Waals surface area (Å²) in [5.74, 6) is -0.969. The number of rotatable bonds is 46. The van der Waals surface area contributed by atoms with Crippen molar-refractivity contribution >= 4 is 17.9 Å². The normalized spacial score (nSPS) is 13.1. The fraction of sp³-hybridized carbons (Fsp3) is 0.617. The topological polar surface area (TPSA) is 78.9 Å². The maximum Gasteiger partial charge on any atom is 0.306 e. The molecule has 0 saturated heterocycles. The van der Waals surface area contributed by atoms with Crippen LogP contribution in [0.5, 0.6) is 0 Å². The van der Waals surface area contributed by atoms with Crippen LogP contribution >= 0.6 is 0 Å². The minimum absolute atomic E-state index is 0.104. The molecule has 0 aliphatic heterocycles. The number of esters is 3. The Kier molecular flexibility index (Phi) is 50.0. The van der Waals surface area contributed by atoms with Gasteiger partial charge in [-0.3, -0.25) is 14.4 Å². The van der Waals surface area contributed by atoms with Crippen LogP contribution < -0.4 is 0 Å². The van der Waals surface area contributed by atoms with Crippen molar-refractivity contribution in [1.29, 1.82) is 0 Å². The van der Waals surface area contributed by atoms with Gasteiger partial charge < -0.3 is 14.2 Å². The lowest BCUT2D eigenvalue weighted by Gasteiger charge is -2.18. The number of unbranched alkanes of at least 4 members (excludes halogenated alkanes) is 20. The summed E-state index contributed by atoms with van der Waals surface area (Å²) in [6.45, 7) is 6.32. The number of allylic oxidation sites excluding steroid dienone is 20. The van der Waals surface area contributed by atoms with Gasteiger partial charge in [-0.05, 0) is 89.9 Å². The van der Waals surface area contributed by atoms with E-state index in [4.69, 9.17) is 14.2 Å². The van der Waals surface area contributed by atoms with Gasteiger partial charge in [0.15, 0.2) is 6.10 Å². The van der Waals surface area contributed by atoms with Gasteiger partial charge in [0.2, 0.25) is 0 Å². The van der Waals surface area contributed by atoms with Crippen molar-refractivity contribution in [3.63, 3.8) is 0 Å². The smallest absolute Gasteiger partial charge is 0.306 e. The van der Waals surface area contributed by atoms with Crippen molar-refractivity contribution in [2.75, 3.05) is 13.2 Å². The van der Waals surface area contributed by atoms with Crippen molar-refractivity contribution < 1.29 is 28.6 Å². The van der Waals surface area contributed by atoms with Crippen LogP contribution in [-0.4, -0.2) is 37.2 Å². The van der Waals surface area contributed by atoms with E-state index in [1.165, 1.54) is 57.8 Å². The van der Waals surface area contributed by atoms with E-state index < -0.39 is 6.10 Å². The first-order chi connectivity index (χ1) is 32.5.